The molecule has 0 N–H and O–H groups in total. The van der Waals surface area contributed by atoms with Gasteiger partial charge in [0, 0.05) is 18.9 Å². The Kier molecular flexibility index (Phi) is 3.65. The fraction of sp³-hybridized carbons (Fsp3) is 0.429. The van der Waals surface area contributed by atoms with Crippen molar-refractivity contribution in [2.24, 2.45) is 0 Å². The minimum Gasteiger partial charge on any atom is -0.497 e. The van der Waals surface area contributed by atoms with Gasteiger partial charge >= 0.3 is 0 Å². The summed E-state index contributed by atoms with van der Waals surface area (Å²) in [6.07, 6.45) is 0.918. The van der Waals surface area contributed by atoms with Crippen molar-refractivity contribution < 1.29 is 19.1 Å². The fourth-order valence-corrected chi connectivity index (χ4v) is 2.29. The summed E-state index contributed by atoms with van der Waals surface area (Å²) >= 11 is 0. The van der Waals surface area contributed by atoms with E-state index in [1.54, 1.807) is 20.3 Å². The van der Waals surface area contributed by atoms with Crippen LogP contribution in [0, 0.1) is 0 Å². The van der Waals surface area contributed by atoms with Gasteiger partial charge in [-0.15, -0.1) is 0 Å². The zero-order chi connectivity index (χ0) is 13.1. The first kappa shape index (κ1) is 12.6. The SMILES string of the molecule is COc1cc(OC)cc(C2CC(=O)CC(=O)C2)c1. The maximum Gasteiger partial charge on any atom is 0.140 e. The minimum atomic E-state index is -0.0530. The van der Waals surface area contributed by atoms with E-state index in [0.29, 0.717) is 24.3 Å². The topological polar surface area (TPSA) is 52.6 Å². The van der Waals surface area contributed by atoms with E-state index < -0.39 is 0 Å². The van der Waals surface area contributed by atoms with E-state index in [1.807, 2.05) is 12.1 Å². The molecule has 2 rings (SSSR count). The van der Waals surface area contributed by atoms with Gasteiger partial charge in [-0.1, -0.05) is 0 Å². The minimum absolute atomic E-state index is 0.0121. The van der Waals surface area contributed by atoms with Gasteiger partial charge in [-0.2, -0.15) is 0 Å². The van der Waals surface area contributed by atoms with E-state index in [1.165, 1.54) is 0 Å². The van der Waals surface area contributed by atoms with Gasteiger partial charge in [0.1, 0.15) is 23.1 Å². The molecule has 1 aliphatic rings. The molecule has 18 heavy (non-hydrogen) atoms. The van der Waals surface area contributed by atoms with E-state index in [2.05, 4.69) is 0 Å². The Balaban J connectivity index is 2.31. The molecule has 0 unspecified atom stereocenters. The van der Waals surface area contributed by atoms with Crippen LogP contribution in [0.15, 0.2) is 18.2 Å². The van der Waals surface area contributed by atoms with Crippen LogP contribution in [-0.2, 0) is 9.59 Å². The first-order valence-electron chi connectivity index (χ1n) is 5.88. The summed E-state index contributed by atoms with van der Waals surface area (Å²) in [4.78, 5) is 23.0. The lowest BCUT2D eigenvalue weighted by atomic mass is 9.82. The van der Waals surface area contributed by atoms with Gasteiger partial charge in [0.05, 0.1) is 20.6 Å². The Labute approximate surface area is 106 Å². The highest BCUT2D eigenvalue weighted by atomic mass is 16.5. The number of ketones is 2. The second kappa shape index (κ2) is 5.21. The average molecular weight is 248 g/mol. The van der Waals surface area contributed by atoms with Gasteiger partial charge in [0.25, 0.3) is 0 Å². The zero-order valence-corrected chi connectivity index (χ0v) is 10.6. The smallest absolute Gasteiger partial charge is 0.140 e. The lowest BCUT2D eigenvalue weighted by molar-refractivity contribution is -0.130. The molecule has 0 aromatic heterocycles. The van der Waals surface area contributed by atoms with Crippen LogP contribution in [0.25, 0.3) is 0 Å². The monoisotopic (exact) mass is 248 g/mol. The largest absolute Gasteiger partial charge is 0.497 e. The van der Waals surface area contributed by atoms with Crippen molar-refractivity contribution in [3.63, 3.8) is 0 Å². The summed E-state index contributed by atoms with van der Waals surface area (Å²) in [6.45, 7) is 0. The summed E-state index contributed by atoms with van der Waals surface area (Å²) in [5.41, 5.74) is 0.924. The Morgan fingerprint density at radius 1 is 0.944 bits per heavy atom. The van der Waals surface area contributed by atoms with Gasteiger partial charge in [0.2, 0.25) is 0 Å². The molecule has 0 spiro atoms. The first-order valence-corrected chi connectivity index (χ1v) is 5.88. The molecule has 96 valence electrons. The number of carbonyl (C=O) groups is 2. The molecule has 1 aromatic rings. The maximum atomic E-state index is 11.5. The molecule has 1 aromatic carbocycles. The maximum absolute atomic E-state index is 11.5. The second-order valence-corrected chi connectivity index (χ2v) is 4.51. The third-order valence-corrected chi connectivity index (χ3v) is 3.19. The van der Waals surface area contributed by atoms with Crippen LogP contribution in [0.3, 0.4) is 0 Å². The van der Waals surface area contributed by atoms with Crippen LogP contribution in [-0.4, -0.2) is 25.8 Å². The molecule has 1 saturated carbocycles. The van der Waals surface area contributed by atoms with E-state index in [0.717, 1.165) is 5.56 Å². The van der Waals surface area contributed by atoms with Gasteiger partial charge in [-0.25, -0.2) is 0 Å². The van der Waals surface area contributed by atoms with E-state index in [9.17, 15) is 9.59 Å². The highest BCUT2D eigenvalue weighted by Gasteiger charge is 2.27. The summed E-state index contributed by atoms with van der Waals surface area (Å²) < 4.78 is 10.4. The average Bonchev–Trinajstić information content (AvgIpc) is 2.37. The summed E-state index contributed by atoms with van der Waals surface area (Å²) in [6, 6.07) is 5.49. The van der Waals surface area contributed by atoms with Crippen LogP contribution in [0.5, 0.6) is 11.5 Å². The van der Waals surface area contributed by atoms with Crippen molar-refractivity contribution in [1.29, 1.82) is 0 Å². The van der Waals surface area contributed by atoms with E-state index in [-0.39, 0.29) is 23.9 Å². The van der Waals surface area contributed by atoms with Crippen LogP contribution in [0.1, 0.15) is 30.7 Å². The first-order chi connectivity index (χ1) is 8.62. The fourth-order valence-electron chi connectivity index (χ4n) is 2.29. The molecular formula is C14H16O4. The number of benzene rings is 1. The summed E-state index contributed by atoms with van der Waals surface area (Å²) in [5, 5.41) is 0. The van der Waals surface area contributed by atoms with E-state index >= 15 is 0 Å². The highest BCUT2D eigenvalue weighted by Crippen LogP contribution is 2.34. The number of rotatable bonds is 3. The Hall–Kier alpha value is -1.84. The number of carbonyl (C=O) groups excluding carboxylic acids is 2. The molecule has 4 nitrogen and oxygen atoms in total. The number of methoxy groups -OCH3 is 2. The predicted molar refractivity (Wildman–Crippen MR) is 66.2 cm³/mol. The van der Waals surface area contributed by atoms with Crippen molar-refractivity contribution in [3.05, 3.63) is 23.8 Å². The van der Waals surface area contributed by atoms with Gasteiger partial charge in [0.15, 0.2) is 0 Å². The van der Waals surface area contributed by atoms with Gasteiger partial charge in [-0.05, 0) is 23.6 Å². The highest BCUT2D eigenvalue weighted by molar-refractivity contribution is 6.02. The Bertz CT molecular complexity index is 440. The Morgan fingerprint density at radius 2 is 1.44 bits per heavy atom. The van der Waals surface area contributed by atoms with Gasteiger partial charge < -0.3 is 9.47 Å². The summed E-state index contributed by atoms with van der Waals surface area (Å²) in [7, 11) is 3.16. The van der Waals surface area contributed by atoms with Crippen molar-refractivity contribution in [1.82, 2.24) is 0 Å². The molecular weight excluding hydrogens is 232 g/mol. The van der Waals surface area contributed by atoms with E-state index in [4.69, 9.17) is 9.47 Å². The number of hydrogen-bond donors (Lipinski definition) is 0. The third-order valence-electron chi connectivity index (χ3n) is 3.19. The number of ether oxygens (including phenoxy) is 2. The van der Waals surface area contributed by atoms with Crippen LogP contribution in [0.4, 0.5) is 0 Å². The lowest BCUT2D eigenvalue weighted by Gasteiger charge is -2.21. The van der Waals surface area contributed by atoms with Crippen LogP contribution < -0.4 is 9.47 Å². The lowest BCUT2D eigenvalue weighted by Crippen LogP contribution is -2.21. The quantitative estimate of drug-likeness (QED) is 0.769. The van der Waals surface area contributed by atoms with Crippen molar-refractivity contribution in [2.75, 3.05) is 14.2 Å². The molecule has 0 aliphatic heterocycles. The van der Waals surface area contributed by atoms with Crippen molar-refractivity contribution in [3.8, 4) is 11.5 Å². The third kappa shape index (κ3) is 2.70. The van der Waals surface area contributed by atoms with Gasteiger partial charge in [-0.3, -0.25) is 9.59 Å². The molecule has 0 atom stereocenters. The second-order valence-electron chi connectivity index (χ2n) is 4.51. The molecule has 0 heterocycles. The molecule has 0 saturated heterocycles. The molecule has 0 radical (unpaired) electrons. The Morgan fingerprint density at radius 3 is 1.89 bits per heavy atom. The van der Waals surface area contributed by atoms with Crippen LogP contribution >= 0.6 is 0 Å². The molecule has 1 aliphatic carbocycles. The molecule has 1 fully saturated rings. The molecule has 0 amide bonds. The number of Topliss-reactive ketones (excluding diaryl/α,β-unsaturated/α-hetero) is 2. The van der Waals surface area contributed by atoms with Crippen molar-refractivity contribution >= 4 is 11.6 Å². The molecule has 0 bridgehead atoms. The normalized spacial score (nSPS) is 16.8. The predicted octanol–water partition coefficient (Wildman–Crippen LogP) is 2.11. The summed E-state index contributed by atoms with van der Waals surface area (Å²) in [5.74, 6) is 1.32. The van der Waals surface area contributed by atoms with Crippen LogP contribution in [0.2, 0.25) is 0 Å². The standard InChI is InChI=1S/C14H16O4/c1-17-13-5-10(6-14(8-13)18-2)9-3-11(15)7-12(16)4-9/h5-6,8-9H,3-4,7H2,1-2H3. The number of hydrogen-bond acceptors (Lipinski definition) is 4. The van der Waals surface area contributed by atoms with Crippen molar-refractivity contribution in [2.45, 2.75) is 25.2 Å². The zero-order valence-electron chi connectivity index (χ0n) is 10.6. The molecule has 4 heteroatoms.